The summed E-state index contributed by atoms with van der Waals surface area (Å²) >= 11 is 5.90. The van der Waals surface area contributed by atoms with Crippen LogP contribution in [0.1, 0.15) is 45.2 Å². The first kappa shape index (κ1) is 18.9. The minimum Gasteiger partial charge on any atom is -0.444 e. The van der Waals surface area contributed by atoms with Crippen LogP contribution in [0.25, 0.3) is 0 Å². The summed E-state index contributed by atoms with van der Waals surface area (Å²) in [6.45, 7) is 7.24. The zero-order valence-electron chi connectivity index (χ0n) is 15.6. The van der Waals surface area contributed by atoms with Gasteiger partial charge < -0.3 is 9.64 Å². The highest BCUT2D eigenvalue weighted by Crippen LogP contribution is 2.45. The summed E-state index contributed by atoms with van der Waals surface area (Å²) in [5.41, 5.74) is -0.238. The minimum atomic E-state index is -3.70. The summed E-state index contributed by atoms with van der Waals surface area (Å²) < 4.78 is 32.7. The quantitative estimate of drug-likeness (QED) is 0.753. The number of nitrogens with zero attached hydrogens (tertiary/aromatic N) is 4. The van der Waals surface area contributed by atoms with E-state index < -0.39 is 15.6 Å². The van der Waals surface area contributed by atoms with E-state index in [0.29, 0.717) is 31.9 Å². The van der Waals surface area contributed by atoms with E-state index in [9.17, 15) is 13.2 Å². The maximum absolute atomic E-state index is 13.0. The molecule has 4 rings (SSSR count). The summed E-state index contributed by atoms with van der Waals surface area (Å²) in [6, 6.07) is 0. The molecule has 1 aliphatic carbocycles. The molecule has 1 amide bonds. The highest BCUT2D eigenvalue weighted by molar-refractivity contribution is 7.89. The second kappa shape index (κ2) is 6.02. The fourth-order valence-corrected chi connectivity index (χ4v) is 5.54. The molecule has 0 N–H and O–H groups in total. The van der Waals surface area contributed by atoms with Gasteiger partial charge in [0.25, 0.3) is 10.0 Å². The van der Waals surface area contributed by atoms with E-state index in [1.807, 2.05) is 20.8 Å². The molecule has 0 radical (unpaired) electrons. The smallest absolute Gasteiger partial charge is 0.410 e. The van der Waals surface area contributed by atoms with Crippen LogP contribution in [0, 0.1) is 5.41 Å². The van der Waals surface area contributed by atoms with E-state index in [1.54, 1.807) is 4.90 Å². The number of carbonyl (C=O) groups excluding carboxylic acids is 1. The normalized spacial score (nSPS) is 22.3. The van der Waals surface area contributed by atoms with Crippen molar-refractivity contribution in [1.29, 1.82) is 0 Å². The third kappa shape index (κ3) is 3.52. The van der Waals surface area contributed by atoms with Gasteiger partial charge in [-0.3, -0.25) is 0 Å². The number of likely N-dealkylation sites (tertiary alicyclic amines) is 1. The Labute approximate surface area is 163 Å². The molecular formula is C17H23ClN4O4S. The van der Waals surface area contributed by atoms with Crippen molar-refractivity contribution in [1.82, 2.24) is 19.2 Å². The first-order valence-corrected chi connectivity index (χ1v) is 10.8. The monoisotopic (exact) mass is 414 g/mol. The van der Waals surface area contributed by atoms with Crippen molar-refractivity contribution >= 4 is 27.7 Å². The Hall–Kier alpha value is -1.45. The highest BCUT2D eigenvalue weighted by atomic mass is 35.5. The lowest BCUT2D eigenvalue weighted by Gasteiger charge is -2.58. The topological polar surface area (TPSA) is 92.7 Å². The number of amides is 1. The number of aromatic nitrogens is 2. The summed E-state index contributed by atoms with van der Waals surface area (Å²) in [5.74, 6) is 0.127. The molecule has 0 aromatic carbocycles. The van der Waals surface area contributed by atoms with Gasteiger partial charge in [0.05, 0.1) is 11.9 Å². The van der Waals surface area contributed by atoms with Crippen LogP contribution in [0.15, 0.2) is 11.2 Å². The van der Waals surface area contributed by atoms with Gasteiger partial charge in [-0.05, 0) is 33.6 Å². The second-order valence-electron chi connectivity index (χ2n) is 8.77. The Balaban J connectivity index is 1.41. The van der Waals surface area contributed by atoms with Gasteiger partial charge in [-0.15, -0.1) is 0 Å². The molecule has 10 heteroatoms. The first-order chi connectivity index (χ1) is 12.5. The van der Waals surface area contributed by atoms with Gasteiger partial charge in [0.1, 0.15) is 10.8 Å². The standard InChI is InChI=1S/C17H23ClN4O4S/c1-16(2,3)26-15(23)21-7-17(8-21)9-22(10-17)27(24,25)14-13(11-4-5-11)20-12(18)6-19-14/h6,11H,4-5,7-10H2,1-3H3. The van der Waals surface area contributed by atoms with Crippen LogP contribution in [0.3, 0.4) is 0 Å². The van der Waals surface area contributed by atoms with Crippen molar-refractivity contribution in [2.24, 2.45) is 5.41 Å². The maximum atomic E-state index is 13.0. The molecule has 8 nitrogen and oxygen atoms in total. The van der Waals surface area contributed by atoms with Gasteiger partial charge in [0.15, 0.2) is 5.03 Å². The molecular weight excluding hydrogens is 392 g/mol. The third-order valence-electron chi connectivity index (χ3n) is 5.01. The Bertz CT molecular complexity index is 881. The zero-order chi connectivity index (χ0) is 19.6. The molecule has 2 saturated heterocycles. The van der Waals surface area contributed by atoms with Gasteiger partial charge in [-0.25, -0.2) is 23.2 Å². The van der Waals surface area contributed by atoms with Gasteiger partial charge in [0, 0.05) is 37.5 Å². The number of hydrogen-bond donors (Lipinski definition) is 0. The van der Waals surface area contributed by atoms with Gasteiger partial charge in [-0.1, -0.05) is 11.6 Å². The van der Waals surface area contributed by atoms with Crippen molar-refractivity contribution in [3.63, 3.8) is 0 Å². The van der Waals surface area contributed by atoms with Crippen molar-refractivity contribution < 1.29 is 17.9 Å². The average molecular weight is 415 g/mol. The van der Waals surface area contributed by atoms with Crippen LogP contribution in [-0.4, -0.2) is 65.5 Å². The summed E-state index contributed by atoms with van der Waals surface area (Å²) in [5, 5.41) is 0.232. The zero-order valence-corrected chi connectivity index (χ0v) is 17.2. The average Bonchev–Trinajstić information content (AvgIpc) is 3.25. The van der Waals surface area contributed by atoms with E-state index in [2.05, 4.69) is 9.97 Å². The lowest BCUT2D eigenvalue weighted by molar-refractivity contribution is -0.0840. The van der Waals surface area contributed by atoms with Crippen LogP contribution >= 0.6 is 11.6 Å². The molecule has 0 unspecified atom stereocenters. The fourth-order valence-electron chi connectivity index (χ4n) is 3.60. The van der Waals surface area contributed by atoms with E-state index in [-0.39, 0.29) is 27.6 Å². The Morgan fingerprint density at radius 2 is 1.89 bits per heavy atom. The van der Waals surface area contributed by atoms with E-state index >= 15 is 0 Å². The van der Waals surface area contributed by atoms with Crippen molar-refractivity contribution in [3.8, 4) is 0 Å². The number of halogens is 1. The van der Waals surface area contributed by atoms with Crippen molar-refractivity contribution in [2.75, 3.05) is 26.2 Å². The lowest BCUT2D eigenvalue weighted by Crippen LogP contribution is -2.73. The molecule has 1 spiro atoms. The van der Waals surface area contributed by atoms with E-state index in [1.165, 1.54) is 10.5 Å². The van der Waals surface area contributed by atoms with E-state index in [0.717, 1.165) is 12.8 Å². The molecule has 1 saturated carbocycles. The van der Waals surface area contributed by atoms with E-state index in [4.69, 9.17) is 16.3 Å². The molecule has 0 bridgehead atoms. The van der Waals surface area contributed by atoms with Crippen LogP contribution in [0.5, 0.6) is 0 Å². The largest absolute Gasteiger partial charge is 0.444 e. The lowest BCUT2D eigenvalue weighted by atomic mass is 9.75. The van der Waals surface area contributed by atoms with Gasteiger partial charge in [-0.2, -0.15) is 4.31 Å². The minimum absolute atomic E-state index is 0.0209. The van der Waals surface area contributed by atoms with Gasteiger partial charge >= 0.3 is 6.09 Å². The Kier molecular flexibility index (Phi) is 4.21. The molecule has 27 heavy (non-hydrogen) atoms. The SMILES string of the molecule is CC(C)(C)OC(=O)N1CC2(C1)CN(S(=O)(=O)c1ncc(Cl)nc1C1CC1)C2. The molecule has 0 atom stereocenters. The number of hydrogen-bond acceptors (Lipinski definition) is 6. The number of carbonyl (C=O) groups is 1. The van der Waals surface area contributed by atoms with Gasteiger partial charge in [0.2, 0.25) is 0 Å². The molecule has 3 heterocycles. The third-order valence-corrected chi connectivity index (χ3v) is 6.93. The predicted octanol–water partition coefficient (Wildman–Crippen LogP) is 2.25. The molecule has 3 fully saturated rings. The van der Waals surface area contributed by atoms with Crippen LogP contribution in [-0.2, 0) is 14.8 Å². The van der Waals surface area contributed by atoms with Crippen molar-refractivity contribution in [2.45, 2.75) is 50.2 Å². The van der Waals surface area contributed by atoms with Crippen LogP contribution < -0.4 is 0 Å². The predicted molar refractivity (Wildman–Crippen MR) is 98.0 cm³/mol. The fraction of sp³-hybridized carbons (Fsp3) is 0.706. The summed E-state index contributed by atoms with van der Waals surface area (Å²) in [7, 11) is -3.70. The molecule has 1 aromatic rings. The van der Waals surface area contributed by atoms with Crippen LogP contribution in [0.2, 0.25) is 5.15 Å². The summed E-state index contributed by atoms with van der Waals surface area (Å²) in [6.07, 6.45) is 2.75. The number of rotatable bonds is 3. The first-order valence-electron chi connectivity index (χ1n) is 9.00. The highest BCUT2D eigenvalue weighted by Gasteiger charge is 2.57. The molecule has 1 aromatic heterocycles. The molecule has 148 valence electrons. The Morgan fingerprint density at radius 3 is 2.44 bits per heavy atom. The maximum Gasteiger partial charge on any atom is 0.410 e. The number of ether oxygens (including phenoxy) is 1. The van der Waals surface area contributed by atoms with Crippen LogP contribution in [0.4, 0.5) is 4.79 Å². The molecule has 3 aliphatic rings. The second-order valence-corrected chi connectivity index (χ2v) is 11.0. The molecule has 2 aliphatic heterocycles. The van der Waals surface area contributed by atoms with Crippen molar-refractivity contribution in [3.05, 3.63) is 17.0 Å². The number of sulfonamides is 1. The summed E-state index contributed by atoms with van der Waals surface area (Å²) in [4.78, 5) is 22.0. The Morgan fingerprint density at radius 1 is 1.26 bits per heavy atom.